The minimum absolute atomic E-state index is 0.602. The van der Waals surface area contributed by atoms with Crippen LogP contribution >= 0.6 is 0 Å². The van der Waals surface area contributed by atoms with Crippen molar-refractivity contribution in [1.29, 1.82) is 0 Å². The Bertz CT molecular complexity index is 609. The maximum atomic E-state index is 5.95. The Hall–Kier alpha value is -2.10. The molecule has 1 aromatic carbocycles. The van der Waals surface area contributed by atoms with E-state index in [2.05, 4.69) is 28.3 Å². The zero-order chi connectivity index (χ0) is 14.0. The molecule has 0 spiro atoms. The van der Waals surface area contributed by atoms with Crippen LogP contribution in [0.4, 0.5) is 5.82 Å². The summed E-state index contributed by atoms with van der Waals surface area (Å²) in [7, 11) is 1.84. The first-order valence-corrected chi connectivity index (χ1v) is 6.30. The van der Waals surface area contributed by atoms with Crippen molar-refractivity contribution < 1.29 is 4.74 Å². The van der Waals surface area contributed by atoms with Gasteiger partial charge < -0.3 is 10.1 Å². The number of ether oxygens (including phenoxy) is 1. The fourth-order valence-electron chi connectivity index (χ4n) is 1.88. The molecule has 0 aliphatic heterocycles. The average Bonchev–Trinajstić information content (AvgIpc) is 2.38. The second-order valence-electron chi connectivity index (χ2n) is 4.60. The van der Waals surface area contributed by atoms with Gasteiger partial charge in [0.2, 0.25) is 5.88 Å². The molecular formula is C15H19N3O. The van der Waals surface area contributed by atoms with E-state index < -0.39 is 0 Å². The highest BCUT2D eigenvalue weighted by atomic mass is 16.5. The van der Waals surface area contributed by atoms with Crippen molar-refractivity contribution in [2.45, 2.75) is 27.7 Å². The molecule has 0 saturated heterocycles. The molecule has 2 rings (SSSR count). The molecule has 2 aromatic rings. The van der Waals surface area contributed by atoms with Gasteiger partial charge in [0.25, 0.3) is 0 Å². The predicted molar refractivity (Wildman–Crippen MR) is 77.0 cm³/mol. The van der Waals surface area contributed by atoms with Crippen LogP contribution in [0.15, 0.2) is 18.2 Å². The van der Waals surface area contributed by atoms with Gasteiger partial charge in [-0.3, -0.25) is 0 Å². The van der Waals surface area contributed by atoms with E-state index in [0.29, 0.717) is 11.7 Å². The molecule has 100 valence electrons. The highest BCUT2D eigenvalue weighted by molar-refractivity contribution is 5.50. The summed E-state index contributed by atoms with van der Waals surface area (Å²) >= 11 is 0. The van der Waals surface area contributed by atoms with E-state index in [9.17, 15) is 0 Å². The van der Waals surface area contributed by atoms with E-state index in [-0.39, 0.29) is 0 Å². The molecule has 0 aliphatic rings. The van der Waals surface area contributed by atoms with Crippen LogP contribution in [-0.2, 0) is 0 Å². The van der Waals surface area contributed by atoms with Gasteiger partial charge in [-0.2, -0.15) is 4.98 Å². The van der Waals surface area contributed by atoms with Crippen LogP contribution < -0.4 is 10.1 Å². The number of rotatable bonds is 3. The van der Waals surface area contributed by atoms with Gasteiger partial charge in [0.1, 0.15) is 17.4 Å². The number of benzene rings is 1. The average molecular weight is 257 g/mol. The maximum Gasteiger partial charge on any atom is 0.227 e. The standard InChI is InChI=1S/C15H19N3O/c1-9-7-6-8-13(10(9)2)19-15-11(3)14(16-5)17-12(4)18-15/h6-8H,1-5H3,(H,16,17,18). The van der Waals surface area contributed by atoms with Crippen LogP contribution in [-0.4, -0.2) is 17.0 Å². The second kappa shape index (κ2) is 5.26. The predicted octanol–water partition coefficient (Wildman–Crippen LogP) is 3.54. The van der Waals surface area contributed by atoms with Crippen molar-refractivity contribution >= 4 is 5.82 Å². The number of aromatic nitrogens is 2. The second-order valence-corrected chi connectivity index (χ2v) is 4.60. The SMILES string of the molecule is CNc1nc(C)nc(Oc2cccc(C)c2C)c1C. The minimum Gasteiger partial charge on any atom is -0.438 e. The molecule has 0 atom stereocenters. The fourth-order valence-corrected chi connectivity index (χ4v) is 1.88. The van der Waals surface area contributed by atoms with Crippen LogP contribution in [0, 0.1) is 27.7 Å². The van der Waals surface area contributed by atoms with Gasteiger partial charge >= 0.3 is 0 Å². The van der Waals surface area contributed by atoms with Gasteiger partial charge in [0.15, 0.2) is 0 Å². The molecular weight excluding hydrogens is 238 g/mol. The van der Waals surface area contributed by atoms with Gasteiger partial charge in [-0.25, -0.2) is 4.98 Å². The van der Waals surface area contributed by atoms with Crippen molar-refractivity contribution in [2.75, 3.05) is 12.4 Å². The summed E-state index contributed by atoms with van der Waals surface area (Å²) < 4.78 is 5.95. The van der Waals surface area contributed by atoms with Gasteiger partial charge in [-0.1, -0.05) is 12.1 Å². The Balaban J connectivity index is 2.43. The zero-order valence-corrected chi connectivity index (χ0v) is 12.0. The van der Waals surface area contributed by atoms with Gasteiger partial charge in [0, 0.05) is 7.05 Å². The molecule has 0 amide bonds. The van der Waals surface area contributed by atoms with Crippen molar-refractivity contribution in [1.82, 2.24) is 9.97 Å². The van der Waals surface area contributed by atoms with Gasteiger partial charge in [-0.05, 0) is 44.9 Å². The Kier molecular flexibility index (Phi) is 3.69. The number of aryl methyl sites for hydroxylation is 2. The van der Waals surface area contributed by atoms with Gasteiger partial charge in [0.05, 0.1) is 5.56 Å². The van der Waals surface area contributed by atoms with Crippen LogP contribution in [0.5, 0.6) is 11.6 Å². The van der Waals surface area contributed by atoms with E-state index in [1.807, 2.05) is 40.0 Å². The van der Waals surface area contributed by atoms with Crippen molar-refractivity contribution in [3.8, 4) is 11.6 Å². The molecule has 19 heavy (non-hydrogen) atoms. The van der Waals surface area contributed by atoms with Crippen LogP contribution in [0.1, 0.15) is 22.5 Å². The van der Waals surface area contributed by atoms with Crippen LogP contribution in [0.2, 0.25) is 0 Å². The molecule has 1 heterocycles. The molecule has 0 radical (unpaired) electrons. The molecule has 0 aliphatic carbocycles. The maximum absolute atomic E-state index is 5.95. The highest BCUT2D eigenvalue weighted by Crippen LogP contribution is 2.29. The van der Waals surface area contributed by atoms with E-state index >= 15 is 0 Å². The summed E-state index contributed by atoms with van der Waals surface area (Å²) in [6.07, 6.45) is 0. The summed E-state index contributed by atoms with van der Waals surface area (Å²) in [5, 5.41) is 3.06. The third kappa shape index (κ3) is 2.67. The number of nitrogens with zero attached hydrogens (tertiary/aromatic N) is 2. The molecule has 0 saturated carbocycles. The first kappa shape index (κ1) is 13.3. The lowest BCUT2D eigenvalue weighted by Crippen LogP contribution is -2.03. The third-order valence-corrected chi connectivity index (χ3v) is 3.21. The number of nitrogens with one attached hydrogen (secondary N) is 1. The Morgan fingerprint density at radius 3 is 2.42 bits per heavy atom. The molecule has 4 heteroatoms. The first-order valence-electron chi connectivity index (χ1n) is 6.30. The smallest absolute Gasteiger partial charge is 0.227 e. The molecule has 1 aromatic heterocycles. The van der Waals surface area contributed by atoms with E-state index in [1.165, 1.54) is 5.56 Å². The molecule has 0 bridgehead atoms. The Labute approximate surface area is 113 Å². The lowest BCUT2D eigenvalue weighted by Gasteiger charge is -2.13. The largest absolute Gasteiger partial charge is 0.438 e. The summed E-state index contributed by atoms with van der Waals surface area (Å²) in [5.41, 5.74) is 3.24. The first-order chi connectivity index (χ1) is 9.02. The van der Waals surface area contributed by atoms with Crippen LogP contribution in [0.25, 0.3) is 0 Å². The van der Waals surface area contributed by atoms with Crippen molar-refractivity contribution in [2.24, 2.45) is 0 Å². The Morgan fingerprint density at radius 2 is 1.74 bits per heavy atom. The van der Waals surface area contributed by atoms with Crippen molar-refractivity contribution in [3.05, 3.63) is 40.7 Å². The topological polar surface area (TPSA) is 47.0 Å². The zero-order valence-electron chi connectivity index (χ0n) is 12.0. The lowest BCUT2D eigenvalue weighted by molar-refractivity contribution is 0.452. The van der Waals surface area contributed by atoms with E-state index in [1.54, 1.807) is 0 Å². The highest BCUT2D eigenvalue weighted by Gasteiger charge is 2.11. The normalized spacial score (nSPS) is 10.4. The number of hydrogen-bond acceptors (Lipinski definition) is 4. The lowest BCUT2D eigenvalue weighted by atomic mass is 10.1. The summed E-state index contributed by atoms with van der Waals surface area (Å²) in [6.45, 7) is 7.92. The third-order valence-electron chi connectivity index (χ3n) is 3.21. The van der Waals surface area contributed by atoms with Gasteiger partial charge in [-0.15, -0.1) is 0 Å². The van der Waals surface area contributed by atoms with E-state index in [0.717, 1.165) is 22.7 Å². The number of hydrogen-bond donors (Lipinski definition) is 1. The minimum atomic E-state index is 0.602. The summed E-state index contributed by atoms with van der Waals surface area (Å²) in [4.78, 5) is 8.71. The summed E-state index contributed by atoms with van der Waals surface area (Å²) in [6, 6.07) is 6.01. The Morgan fingerprint density at radius 1 is 1.00 bits per heavy atom. The van der Waals surface area contributed by atoms with Crippen molar-refractivity contribution in [3.63, 3.8) is 0 Å². The number of anilines is 1. The molecule has 0 unspecified atom stereocenters. The monoisotopic (exact) mass is 257 g/mol. The van der Waals surface area contributed by atoms with Crippen LogP contribution in [0.3, 0.4) is 0 Å². The fraction of sp³-hybridized carbons (Fsp3) is 0.333. The molecule has 0 fully saturated rings. The quantitative estimate of drug-likeness (QED) is 0.913. The summed E-state index contributed by atoms with van der Waals surface area (Å²) in [5.74, 6) is 2.93. The molecule has 1 N–H and O–H groups in total. The molecule has 4 nitrogen and oxygen atoms in total. The van der Waals surface area contributed by atoms with E-state index in [4.69, 9.17) is 4.74 Å².